The summed E-state index contributed by atoms with van der Waals surface area (Å²) in [5, 5.41) is 0. The Hall–Kier alpha value is -3.27. The van der Waals surface area contributed by atoms with Crippen molar-refractivity contribution in [3.8, 4) is 11.5 Å². The molecular formula is C26H28N2O2. The van der Waals surface area contributed by atoms with E-state index in [0.717, 1.165) is 36.7 Å². The van der Waals surface area contributed by atoms with Gasteiger partial charge in [0.1, 0.15) is 11.5 Å². The zero-order valence-electron chi connectivity index (χ0n) is 17.3. The van der Waals surface area contributed by atoms with Gasteiger partial charge in [-0.3, -0.25) is 4.79 Å². The maximum absolute atomic E-state index is 11.9. The lowest BCUT2D eigenvalue weighted by molar-refractivity contribution is -0.123. The Balaban J connectivity index is 1.57. The molecule has 3 aromatic carbocycles. The minimum absolute atomic E-state index is 0.148. The van der Waals surface area contributed by atoms with Crippen LogP contribution in [0.4, 0.5) is 5.69 Å². The lowest BCUT2D eigenvalue weighted by Gasteiger charge is -2.42. The van der Waals surface area contributed by atoms with Gasteiger partial charge in [0.2, 0.25) is 5.91 Å². The molecule has 1 aliphatic rings. The Bertz CT molecular complexity index is 975. The minimum atomic E-state index is -0.215. The van der Waals surface area contributed by atoms with E-state index in [1.165, 1.54) is 5.56 Å². The topological polar surface area (TPSA) is 55.6 Å². The first-order valence-electron chi connectivity index (χ1n) is 10.5. The van der Waals surface area contributed by atoms with Crippen molar-refractivity contribution in [3.05, 3.63) is 90.5 Å². The molecule has 154 valence electrons. The summed E-state index contributed by atoms with van der Waals surface area (Å²) in [7, 11) is 0. The van der Waals surface area contributed by atoms with Crippen molar-refractivity contribution in [1.82, 2.24) is 0 Å². The molecule has 4 heteroatoms. The van der Waals surface area contributed by atoms with E-state index in [1.54, 1.807) is 0 Å². The van der Waals surface area contributed by atoms with Crippen LogP contribution in [0, 0.1) is 11.8 Å². The molecule has 4 rings (SSSR count). The van der Waals surface area contributed by atoms with Crippen LogP contribution in [0.5, 0.6) is 11.5 Å². The van der Waals surface area contributed by atoms with Gasteiger partial charge in [-0.1, -0.05) is 61.5 Å². The highest BCUT2D eigenvalue weighted by Gasteiger charge is 2.36. The molecule has 2 N–H and O–H groups in total. The normalized spacial score (nSPS) is 19.8. The fourth-order valence-corrected chi connectivity index (χ4v) is 4.44. The second-order valence-electron chi connectivity index (χ2n) is 8.02. The molecule has 3 atom stereocenters. The summed E-state index contributed by atoms with van der Waals surface area (Å²) in [4.78, 5) is 14.3. The number of rotatable bonds is 6. The molecule has 1 fully saturated rings. The average Bonchev–Trinajstić information content (AvgIpc) is 2.79. The quantitative estimate of drug-likeness (QED) is 0.618. The van der Waals surface area contributed by atoms with Gasteiger partial charge in [-0.05, 0) is 42.2 Å². The van der Waals surface area contributed by atoms with Crippen molar-refractivity contribution in [1.29, 1.82) is 0 Å². The Kier molecular flexibility index (Phi) is 6.03. The Labute approximate surface area is 178 Å². The molecule has 0 aliphatic carbocycles. The lowest BCUT2D eigenvalue weighted by Crippen LogP contribution is -2.44. The molecular weight excluding hydrogens is 372 g/mol. The van der Waals surface area contributed by atoms with Gasteiger partial charge < -0.3 is 15.4 Å². The van der Waals surface area contributed by atoms with Crippen molar-refractivity contribution in [2.45, 2.75) is 19.3 Å². The number of primary amides is 1. The van der Waals surface area contributed by atoms with Crippen LogP contribution in [0.15, 0.2) is 84.9 Å². The van der Waals surface area contributed by atoms with E-state index < -0.39 is 0 Å². The van der Waals surface area contributed by atoms with Crippen molar-refractivity contribution >= 4 is 11.6 Å². The van der Waals surface area contributed by atoms with Crippen LogP contribution in [0.1, 0.15) is 24.8 Å². The highest BCUT2D eigenvalue weighted by molar-refractivity contribution is 5.76. The molecule has 1 heterocycles. The second-order valence-corrected chi connectivity index (χ2v) is 8.02. The summed E-state index contributed by atoms with van der Waals surface area (Å²) < 4.78 is 6.02. The molecule has 0 bridgehead atoms. The number of amides is 1. The Morgan fingerprint density at radius 3 is 2.33 bits per heavy atom. The summed E-state index contributed by atoms with van der Waals surface area (Å²) in [6, 6.07) is 28.5. The fourth-order valence-electron chi connectivity index (χ4n) is 4.44. The maximum atomic E-state index is 11.9. The van der Waals surface area contributed by atoms with E-state index in [-0.39, 0.29) is 23.7 Å². The first-order chi connectivity index (χ1) is 14.6. The van der Waals surface area contributed by atoms with Gasteiger partial charge in [0.05, 0.1) is 0 Å². The fraction of sp³-hybridized carbons (Fsp3) is 0.269. The van der Waals surface area contributed by atoms with E-state index in [1.807, 2.05) is 55.5 Å². The first kappa shape index (κ1) is 20.0. The summed E-state index contributed by atoms with van der Waals surface area (Å²) in [5.74, 6) is 1.78. The van der Waals surface area contributed by atoms with Crippen LogP contribution in [-0.2, 0) is 4.79 Å². The van der Waals surface area contributed by atoms with Crippen LogP contribution < -0.4 is 15.4 Å². The third-order valence-corrected chi connectivity index (χ3v) is 6.15. The van der Waals surface area contributed by atoms with Crippen LogP contribution in [0.3, 0.4) is 0 Å². The van der Waals surface area contributed by atoms with Crippen molar-refractivity contribution in [2.75, 3.05) is 18.0 Å². The minimum Gasteiger partial charge on any atom is -0.457 e. The zero-order chi connectivity index (χ0) is 20.9. The zero-order valence-corrected chi connectivity index (χ0v) is 17.3. The predicted molar refractivity (Wildman–Crippen MR) is 121 cm³/mol. The summed E-state index contributed by atoms with van der Waals surface area (Å²) >= 11 is 0. The maximum Gasteiger partial charge on any atom is 0.220 e. The second kappa shape index (κ2) is 9.04. The Morgan fingerprint density at radius 2 is 1.63 bits per heavy atom. The molecule has 0 aromatic heterocycles. The SMILES string of the molecule is CC(C(N)=O)C1CCN(c2cccc(Oc3ccccc3)c2)CC1c1ccccc1. The van der Waals surface area contributed by atoms with Crippen LogP contribution >= 0.6 is 0 Å². The number of anilines is 1. The Morgan fingerprint density at radius 1 is 0.967 bits per heavy atom. The highest BCUT2D eigenvalue weighted by Crippen LogP contribution is 2.39. The largest absolute Gasteiger partial charge is 0.457 e. The summed E-state index contributed by atoms with van der Waals surface area (Å²) in [6.45, 7) is 3.70. The molecule has 3 unspecified atom stereocenters. The van der Waals surface area contributed by atoms with E-state index in [0.29, 0.717) is 0 Å². The smallest absolute Gasteiger partial charge is 0.220 e. The first-order valence-corrected chi connectivity index (χ1v) is 10.5. The third-order valence-electron chi connectivity index (χ3n) is 6.15. The van der Waals surface area contributed by atoms with Gasteiger partial charge in [0.25, 0.3) is 0 Å². The van der Waals surface area contributed by atoms with Gasteiger partial charge >= 0.3 is 0 Å². The molecule has 1 saturated heterocycles. The van der Waals surface area contributed by atoms with Gasteiger partial charge in [-0.25, -0.2) is 0 Å². The van der Waals surface area contributed by atoms with E-state index in [4.69, 9.17) is 10.5 Å². The number of carbonyl (C=O) groups is 1. The molecule has 1 aliphatic heterocycles. The van der Waals surface area contributed by atoms with E-state index in [9.17, 15) is 4.79 Å². The average molecular weight is 401 g/mol. The number of benzene rings is 3. The molecule has 0 spiro atoms. The molecule has 4 nitrogen and oxygen atoms in total. The number of piperidine rings is 1. The van der Waals surface area contributed by atoms with Gasteiger partial charge in [-0.15, -0.1) is 0 Å². The standard InChI is InChI=1S/C26H28N2O2/c1-19(26(27)29)24-15-16-28(18-25(24)20-9-4-2-5-10-20)21-11-8-14-23(17-21)30-22-12-6-3-7-13-22/h2-14,17,19,24-25H,15-16,18H2,1H3,(H2,27,29). The number of hydrogen-bond donors (Lipinski definition) is 1. The number of carbonyl (C=O) groups excluding carboxylic acids is 1. The van der Waals surface area contributed by atoms with Gasteiger partial charge in [0.15, 0.2) is 0 Å². The molecule has 1 amide bonds. The molecule has 0 radical (unpaired) electrons. The van der Waals surface area contributed by atoms with Crippen molar-refractivity contribution in [2.24, 2.45) is 17.6 Å². The number of nitrogens with two attached hydrogens (primary N) is 1. The number of para-hydroxylation sites is 1. The van der Waals surface area contributed by atoms with Crippen LogP contribution in [-0.4, -0.2) is 19.0 Å². The van der Waals surface area contributed by atoms with Gasteiger partial charge in [-0.2, -0.15) is 0 Å². The third kappa shape index (κ3) is 4.48. The lowest BCUT2D eigenvalue weighted by atomic mass is 9.74. The van der Waals surface area contributed by atoms with Crippen LogP contribution in [0.2, 0.25) is 0 Å². The van der Waals surface area contributed by atoms with Crippen LogP contribution in [0.25, 0.3) is 0 Å². The van der Waals surface area contributed by atoms with Crippen molar-refractivity contribution in [3.63, 3.8) is 0 Å². The molecule has 0 saturated carbocycles. The predicted octanol–water partition coefficient (Wildman–Crippen LogP) is 5.21. The van der Waals surface area contributed by atoms with Gasteiger partial charge in [0, 0.05) is 36.7 Å². The highest BCUT2D eigenvalue weighted by atomic mass is 16.5. The monoisotopic (exact) mass is 400 g/mol. The number of hydrogen-bond acceptors (Lipinski definition) is 3. The van der Waals surface area contributed by atoms with Crippen molar-refractivity contribution < 1.29 is 9.53 Å². The van der Waals surface area contributed by atoms with E-state index >= 15 is 0 Å². The van der Waals surface area contributed by atoms with E-state index in [2.05, 4.69) is 41.3 Å². The summed E-state index contributed by atoms with van der Waals surface area (Å²) in [6.07, 6.45) is 0.924. The summed E-state index contributed by atoms with van der Waals surface area (Å²) in [5.41, 5.74) is 8.07. The number of nitrogens with zero attached hydrogens (tertiary/aromatic N) is 1. The molecule has 3 aromatic rings. The molecule has 30 heavy (non-hydrogen) atoms. The number of ether oxygens (including phenoxy) is 1.